The molecule has 1 aliphatic carbocycles. The van der Waals surface area contributed by atoms with Crippen molar-refractivity contribution in [2.24, 2.45) is 0 Å². The molecule has 0 atom stereocenters. The predicted molar refractivity (Wildman–Crippen MR) is 86.0 cm³/mol. The molecule has 1 saturated carbocycles. The average molecular weight is 301 g/mol. The van der Waals surface area contributed by atoms with E-state index in [1.165, 1.54) is 37.0 Å². The van der Waals surface area contributed by atoms with E-state index in [1.807, 2.05) is 6.07 Å². The number of aromatic nitrogens is 2. The van der Waals surface area contributed by atoms with Gasteiger partial charge in [0.1, 0.15) is 5.82 Å². The van der Waals surface area contributed by atoms with Gasteiger partial charge in [-0.25, -0.2) is 4.98 Å². The molecule has 0 spiro atoms. The van der Waals surface area contributed by atoms with Crippen molar-refractivity contribution in [2.45, 2.75) is 37.6 Å². The Balaban J connectivity index is 1.88. The highest BCUT2D eigenvalue weighted by molar-refractivity contribution is 5.81. The zero-order valence-electron chi connectivity index (χ0n) is 13.3. The van der Waals surface area contributed by atoms with E-state index in [4.69, 9.17) is 14.5 Å². The molecule has 5 heteroatoms. The topological polar surface area (TPSA) is 48.3 Å². The average Bonchev–Trinajstić information content (AvgIpc) is 3.35. The quantitative estimate of drug-likeness (QED) is 0.943. The summed E-state index contributed by atoms with van der Waals surface area (Å²) in [6.45, 7) is 2.17. The molecule has 2 aromatic rings. The van der Waals surface area contributed by atoms with Gasteiger partial charge in [-0.1, -0.05) is 0 Å². The smallest absolute Gasteiger partial charge is 0.163 e. The van der Waals surface area contributed by atoms with Crippen molar-refractivity contribution in [1.29, 1.82) is 0 Å². The third kappa shape index (κ3) is 2.24. The highest BCUT2D eigenvalue weighted by Crippen LogP contribution is 2.44. The van der Waals surface area contributed by atoms with Crippen molar-refractivity contribution >= 4 is 11.0 Å². The first-order valence-corrected chi connectivity index (χ1v) is 8.16. The maximum absolute atomic E-state index is 5.49. The Kier molecular flexibility index (Phi) is 3.45. The molecule has 2 aliphatic rings. The lowest BCUT2D eigenvalue weighted by Gasteiger charge is -2.26. The zero-order chi connectivity index (χ0) is 15.1. The van der Waals surface area contributed by atoms with Gasteiger partial charge in [0.05, 0.1) is 25.3 Å². The molecule has 0 unspecified atom stereocenters. The van der Waals surface area contributed by atoms with Crippen LogP contribution in [0.3, 0.4) is 0 Å². The van der Waals surface area contributed by atoms with E-state index in [-0.39, 0.29) is 0 Å². The number of hydrogen-bond acceptors (Lipinski definition) is 4. The van der Waals surface area contributed by atoms with Crippen LogP contribution in [-0.2, 0) is 0 Å². The van der Waals surface area contributed by atoms with Crippen LogP contribution in [-0.4, -0.2) is 36.9 Å². The summed E-state index contributed by atoms with van der Waals surface area (Å²) in [5, 5.41) is 3.45. The SMILES string of the molecule is COc1cc2nc(C3CC3)n(C3CCNCC3)c2cc1OC. The summed E-state index contributed by atoms with van der Waals surface area (Å²) in [7, 11) is 3.37. The number of ether oxygens (including phenoxy) is 2. The van der Waals surface area contributed by atoms with Crippen molar-refractivity contribution in [1.82, 2.24) is 14.9 Å². The van der Waals surface area contributed by atoms with Crippen LogP contribution in [0, 0.1) is 0 Å². The lowest BCUT2D eigenvalue weighted by Crippen LogP contribution is -2.30. The lowest BCUT2D eigenvalue weighted by molar-refractivity contribution is 0.354. The molecule has 1 aliphatic heterocycles. The van der Waals surface area contributed by atoms with Gasteiger partial charge in [0.2, 0.25) is 0 Å². The number of rotatable bonds is 4. The van der Waals surface area contributed by atoms with Crippen molar-refractivity contribution in [3.8, 4) is 11.5 Å². The van der Waals surface area contributed by atoms with Crippen molar-refractivity contribution in [3.05, 3.63) is 18.0 Å². The summed E-state index contributed by atoms with van der Waals surface area (Å²) >= 11 is 0. The molecule has 2 heterocycles. The predicted octanol–water partition coefficient (Wildman–Crippen LogP) is 2.86. The van der Waals surface area contributed by atoms with Gasteiger partial charge in [0, 0.05) is 24.1 Å². The van der Waals surface area contributed by atoms with Gasteiger partial charge in [-0.15, -0.1) is 0 Å². The Morgan fingerprint density at radius 2 is 1.73 bits per heavy atom. The van der Waals surface area contributed by atoms with Gasteiger partial charge in [-0.2, -0.15) is 0 Å². The molecule has 1 saturated heterocycles. The van der Waals surface area contributed by atoms with Crippen LogP contribution in [0.4, 0.5) is 0 Å². The number of imidazole rings is 1. The van der Waals surface area contributed by atoms with E-state index in [0.29, 0.717) is 12.0 Å². The number of nitrogens with one attached hydrogen (secondary N) is 1. The van der Waals surface area contributed by atoms with E-state index in [0.717, 1.165) is 30.1 Å². The Morgan fingerprint density at radius 3 is 2.36 bits per heavy atom. The molecule has 0 radical (unpaired) electrons. The first-order chi connectivity index (χ1) is 10.8. The number of piperidine rings is 1. The summed E-state index contributed by atoms with van der Waals surface area (Å²) in [6, 6.07) is 4.65. The van der Waals surface area contributed by atoms with Gasteiger partial charge in [0.15, 0.2) is 11.5 Å². The summed E-state index contributed by atoms with van der Waals surface area (Å²) in [5.41, 5.74) is 2.21. The molecule has 0 bridgehead atoms. The Bertz CT molecular complexity index is 685. The van der Waals surface area contributed by atoms with Crippen LogP contribution in [0.5, 0.6) is 11.5 Å². The van der Waals surface area contributed by atoms with E-state index >= 15 is 0 Å². The third-order valence-electron chi connectivity index (χ3n) is 4.84. The number of benzene rings is 1. The number of nitrogens with zero attached hydrogens (tertiary/aromatic N) is 2. The van der Waals surface area contributed by atoms with Gasteiger partial charge < -0.3 is 19.4 Å². The van der Waals surface area contributed by atoms with Crippen molar-refractivity contribution in [3.63, 3.8) is 0 Å². The molecule has 0 amide bonds. The van der Waals surface area contributed by atoms with E-state index < -0.39 is 0 Å². The zero-order valence-corrected chi connectivity index (χ0v) is 13.3. The van der Waals surface area contributed by atoms with Crippen molar-refractivity contribution in [2.75, 3.05) is 27.3 Å². The van der Waals surface area contributed by atoms with Crippen LogP contribution in [0.15, 0.2) is 12.1 Å². The summed E-state index contributed by atoms with van der Waals surface area (Å²) in [4.78, 5) is 4.94. The highest BCUT2D eigenvalue weighted by Gasteiger charge is 2.32. The first kappa shape index (κ1) is 13.9. The summed E-state index contributed by atoms with van der Waals surface area (Å²) in [5.74, 6) is 3.44. The fourth-order valence-corrected chi connectivity index (χ4v) is 3.52. The molecule has 118 valence electrons. The molecule has 1 N–H and O–H groups in total. The summed E-state index contributed by atoms with van der Waals surface area (Å²) in [6.07, 6.45) is 4.87. The molecule has 22 heavy (non-hydrogen) atoms. The fourth-order valence-electron chi connectivity index (χ4n) is 3.52. The van der Waals surface area contributed by atoms with Crippen LogP contribution in [0.2, 0.25) is 0 Å². The van der Waals surface area contributed by atoms with Gasteiger partial charge in [0.25, 0.3) is 0 Å². The van der Waals surface area contributed by atoms with Crippen LogP contribution < -0.4 is 14.8 Å². The Labute approximate surface area is 130 Å². The minimum atomic E-state index is 0.542. The standard InChI is InChI=1S/C17H23N3O2/c1-21-15-9-13-14(10-16(15)22-2)20(12-5-7-18-8-6-12)17(19-13)11-3-4-11/h9-12,18H,3-8H2,1-2H3. The monoisotopic (exact) mass is 301 g/mol. The number of hydrogen-bond donors (Lipinski definition) is 1. The molecule has 2 fully saturated rings. The molecule has 1 aromatic heterocycles. The van der Waals surface area contributed by atoms with E-state index in [9.17, 15) is 0 Å². The summed E-state index contributed by atoms with van der Waals surface area (Å²) < 4.78 is 13.4. The molecule has 4 rings (SSSR count). The number of fused-ring (bicyclic) bond motifs is 1. The van der Waals surface area contributed by atoms with Gasteiger partial charge >= 0.3 is 0 Å². The highest BCUT2D eigenvalue weighted by atomic mass is 16.5. The lowest BCUT2D eigenvalue weighted by atomic mass is 10.1. The van der Waals surface area contributed by atoms with Crippen LogP contribution in [0.1, 0.15) is 43.5 Å². The maximum Gasteiger partial charge on any atom is 0.163 e. The van der Waals surface area contributed by atoms with Gasteiger partial charge in [-0.05, 0) is 38.8 Å². The Hall–Kier alpha value is -1.75. The first-order valence-electron chi connectivity index (χ1n) is 8.16. The van der Waals surface area contributed by atoms with E-state index in [2.05, 4.69) is 16.0 Å². The minimum Gasteiger partial charge on any atom is -0.493 e. The number of methoxy groups -OCH3 is 2. The fraction of sp³-hybridized carbons (Fsp3) is 0.588. The molecular weight excluding hydrogens is 278 g/mol. The minimum absolute atomic E-state index is 0.542. The molecule has 1 aromatic carbocycles. The second kappa shape index (κ2) is 5.47. The second-order valence-electron chi connectivity index (χ2n) is 6.29. The molecular formula is C17H23N3O2. The third-order valence-corrected chi connectivity index (χ3v) is 4.84. The van der Waals surface area contributed by atoms with Crippen molar-refractivity contribution < 1.29 is 9.47 Å². The van der Waals surface area contributed by atoms with Gasteiger partial charge in [-0.3, -0.25) is 0 Å². The van der Waals surface area contributed by atoms with Crippen LogP contribution in [0.25, 0.3) is 11.0 Å². The maximum atomic E-state index is 5.49. The second-order valence-corrected chi connectivity index (χ2v) is 6.29. The normalized spacial score (nSPS) is 19.5. The largest absolute Gasteiger partial charge is 0.493 e. The molecule has 5 nitrogen and oxygen atoms in total. The van der Waals surface area contributed by atoms with Crippen LogP contribution >= 0.6 is 0 Å². The van der Waals surface area contributed by atoms with E-state index in [1.54, 1.807) is 14.2 Å². The Morgan fingerprint density at radius 1 is 1.05 bits per heavy atom.